The quantitative estimate of drug-likeness (QED) is 0.0383. The molecule has 0 aliphatic rings. The number of rotatable bonds is 28. The number of ether oxygens (including phenoxy) is 2. The van der Waals surface area contributed by atoms with Crippen LogP contribution >= 0.6 is 7.82 Å². The van der Waals surface area contributed by atoms with Crippen LogP contribution in [0.3, 0.4) is 0 Å². The fourth-order valence-electron chi connectivity index (χ4n) is 3.94. The molecule has 0 spiro atoms. The van der Waals surface area contributed by atoms with Crippen LogP contribution < -0.4 is 0 Å². The van der Waals surface area contributed by atoms with Crippen LogP contribution in [0.25, 0.3) is 0 Å². The number of phosphoric ester groups is 1. The fourth-order valence-corrected chi connectivity index (χ4v) is 4.30. The maximum Gasteiger partial charge on any atom is 0.469 e. The first kappa shape index (κ1) is 40.8. The van der Waals surface area contributed by atoms with Crippen molar-refractivity contribution in [2.45, 2.75) is 129 Å². The molecule has 0 aromatic carbocycles. The van der Waals surface area contributed by atoms with Crippen molar-refractivity contribution >= 4 is 19.8 Å². The average Bonchev–Trinajstić information content (AvgIpc) is 2.97. The molecule has 246 valence electrons. The minimum Gasteiger partial charge on any atom is -0.462 e. The number of allylic oxidation sites excluding steroid dienone is 10. The first-order chi connectivity index (χ1) is 20.8. The van der Waals surface area contributed by atoms with Crippen molar-refractivity contribution < 1.29 is 37.9 Å². The molecule has 2 N–H and O–H groups in total. The highest BCUT2D eigenvalue weighted by Gasteiger charge is 2.22. The summed E-state index contributed by atoms with van der Waals surface area (Å²) in [6.07, 6.45) is 35.4. The van der Waals surface area contributed by atoms with Crippen molar-refractivity contribution in [1.29, 1.82) is 0 Å². The maximum absolute atomic E-state index is 12.2. The van der Waals surface area contributed by atoms with Gasteiger partial charge in [-0.1, -0.05) is 120 Å². The van der Waals surface area contributed by atoms with Crippen molar-refractivity contribution in [1.82, 2.24) is 0 Å². The van der Waals surface area contributed by atoms with Gasteiger partial charge in [-0.3, -0.25) is 14.1 Å². The first-order valence-corrected chi connectivity index (χ1v) is 17.6. The number of hydrogen-bond donors (Lipinski definition) is 2. The lowest BCUT2D eigenvalue weighted by Crippen LogP contribution is -2.29. The Labute approximate surface area is 260 Å². The lowest BCUT2D eigenvalue weighted by molar-refractivity contribution is -0.161. The Morgan fingerprint density at radius 3 is 1.65 bits per heavy atom. The van der Waals surface area contributed by atoms with Crippen LogP contribution in [0.5, 0.6) is 0 Å². The molecule has 0 fully saturated rings. The average molecular weight is 625 g/mol. The third-order valence-corrected chi connectivity index (χ3v) is 6.79. The molecule has 0 saturated heterocycles. The smallest absolute Gasteiger partial charge is 0.462 e. The summed E-state index contributed by atoms with van der Waals surface area (Å²) in [6.45, 7) is 3.44. The van der Waals surface area contributed by atoms with E-state index in [-0.39, 0.29) is 19.4 Å². The highest BCUT2D eigenvalue weighted by atomic mass is 31.2. The van der Waals surface area contributed by atoms with E-state index in [1.807, 2.05) is 6.08 Å². The van der Waals surface area contributed by atoms with Gasteiger partial charge in [0.2, 0.25) is 0 Å². The van der Waals surface area contributed by atoms with Gasteiger partial charge in [-0.15, -0.1) is 0 Å². The highest BCUT2D eigenvalue weighted by Crippen LogP contribution is 2.35. The molecule has 0 bridgehead atoms. The van der Waals surface area contributed by atoms with E-state index in [0.717, 1.165) is 57.8 Å². The molecule has 43 heavy (non-hydrogen) atoms. The minimum atomic E-state index is -4.75. The standard InChI is InChI=1S/C34H57O8P/c1-3-5-7-9-11-13-14-15-16-17-18-19-20-21-23-24-26-28-33(35)40-30-32(31-41-43(37,38)39)42-34(36)29-27-25-22-12-10-8-6-4-2/h5,7,11,13,15-16,18-19,21,23,32H,3-4,6,8-10,12,14,17,20,22,24-31H2,1-2H3,(H2,37,38,39)/b7-5+,13-11+,16-15+,19-18+,23-21+/t32-/m1/s1. The van der Waals surface area contributed by atoms with Gasteiger partial charge >= 0.3 is 19.8 Å². The molecule has 8 nitrogen and oxygen atoms in total. The molecule has 0 aliphatic heterocycles. The van der Waals surface area contributed by atoms with Gasteiger partial charge in [0, 0.05) is 12.8 Å². The van der Waals surface area contributed by atoms with Crippen molar-refractivity contribution in [3.63, 3.8) is 0 Å². The van der Waals surface area contributed by atoms with Gasteiger partial charge in [0.05, 0.1) is 6.61 Å². The van der Waals surface area contributed by atoms with E-state index >= 15 is 0 Å². The number of carbonyl (C=O) groups is 2. The molecule has 0 heterocycles. The zero-order chi connectivity index (χ0) is 31.9. The first-order valence-electron chi connectivity index (χ1n) is 16.1. The van der Waals surface area contributed by atoms with E-state index in [1.54, 1.807) is 0 Å². The fraction of sp³-hybridized carbons (Fsp3) is 0.647. The maximum atomic E-state index is 12.2. The van der Waals surface area contributed by atoms with Crippen LogP contribution in [0.15, 0.2) is 60.8 Å². The molecule has 0 amide bonds. The van der Waals surface area contributed by atoms with Crippen LogP contribution in [-0.2, 0) is 28.2 Å². The number of carbonyl (C=O) groups excluding carboxylic acids is 2. The van der Waals surface area contributed by atoms with Gasteiger partial charge in [0.25, 0.3) is 0 Å². The Bertz CT molecular complexity index is 885. The Morgan fingerprint density at radius 2 is 1.12 bits per heavy atom. The van der Waals surface area contributed by atoms with Gasteiger partial charge in [0.1, 0.15) is 6.61 Å². The van der Waals surface area contributed by atoms with Gasteiger partial charge < -0.3 is 19.3 Å². The van der Waals surface area contributed by atoms with Crippen LogP contribution in [0.4, 0.5) is 0 Å². The summed E-state index contributed by atoms with van der Waals surface area (Å²) in [5, 5.41) is 0. The molecular formula is C34H57O8P. The lowest BCUT2D eigenvalue weighted by atomic mass is 10.1. The van der Waals surface area contributed by atoms with Gasteiger partial charge in [-0.25, -0.2) is 4.57 Å². The summed E-state index contributed by atoms with van der Waals surface area (Å²) in [4.78, 5) is 42.3. The molecule has 0 radical (unpaired) electrons. The highest BCUT2D eigenvalue weighted by molar-refractivity contribution is 7.46. The molecule has 1 atom stereocenters. The second-order valence-electron chi connectivity index (χ2n) is 10.4. The summed E-state index contributed by atoms with van der Waals surface area (Å²) in [5.41, 5.74) is 0. The Hall–Kier alpha value is -2.25. The van der Waals surface area contributed by atoms with Crippen molar-refractivity contribution in [3.8, 4) is 0 Å². The third-order valence-electron chi connectivity index (χ3n) is 6.30. The number of unbranched alkanes of at least 4 members (excludes halogenated alkanes) is 8. The Kier molecular flexibility index (Phi) is 28.2. The second kappa shape index (κ2) is 29.8. The summed E-state index contributed by atoms with van der Waals surface area (Å²) >= 11 is 0. The number of hydrogen-bond acceptors (Lipinski definition) is 6. The van der Waals surface area contributed by atoms with E-state index in [1.165, 1.54) is 25.7 Å². The van der Waals surface area contributed by atoms with Gasteiger partial charge in [-0.2, -0.15) is 0 Å². The largest absolute Gasteiger partial charge is 0.469 e. The van der Waals surface area contributed by atoms with E-state index in [9.17, 15) is 14.2 Å². The zero-order valence-corrected chi connectivity index (χ0v) is 27.5. The Balaban J connectivity index is 4.13. The van der Waals surface area contributed by atoms with Crippen LogP contribution in [0, 0.1) is 0 Å². The second-order valence-corrected chi connectivity index (χ2v) is 11.6. The number of phosphoric acid groups is 1. The molecule has 0 aliphatic carbocycles. The molecule has 0 aromatic rings. The number of esters is 2. The topological polar surface area (TPSA) is 119 Å². The molecule has 0 aromatic heterocycles. The normalized spacial score (nSPS) is 13.3. The molecule has 9 heteroatoms. The van der Waals surface area contributed by atoms with E-state index in [2.05, 4.69) is 73.1 Å². The molecular weight excluding hydrogens is 567 g/mol. The lowest BCUT2D eigenvalue weighted by Gasteiger charge is -2.18. The minimum absolute atomic E-state index is 0.187. The van der Waals surface area contributed by atoms with Gasteiger partial charge in [0.15, 0.2) is 6.10 Å². The molecule has 0 unspecified atom stereocenters. The zero-order valence-electron chi connectivity index (χ0n) is 26.6. The van der Waals surface area contributed by atoms with Crippen molar-refractivity contribution in [2.75, 3.05) is 13.2 Å². The molecule has 0 rings (SSSR count). The van der Waals surface area contributed by atoms with Crippen molar-refractivity contribution in [3.05, 3.63) is 60.8 Å². The summed E-state index contributed by atoms with van der Waals surface area (Å²) in [7, 11) is -4.75. The van der Waals surface area contributed by atoms with Crippen LogP contribution in [0.1, 0.15) is 123 Å². The third kappa shape index (κ3) is 32.5. The van der Waals surface area contributed by atoms with Crippen molar-refractivity contribution in [2.24, 2.45) is 0 Å². The van der Waals surface area contributed by atoms with Crippen LogP contribution in [-0.4, -0.2) is 41.0 Å². The van der Waals surface area contributed by atoms with E-state index in [0.29, 0.717) is 12.8 Å². The summed E-state index contributed by atoms with van der Waals surface area (Å²) < 4.78 is 26.0. The predicted molar refractivity (Wildman–Crippen MR) is 174 cm³/mol. The monoisotopic (exact) mass is 624 g/mol. The SMILES string of the molecule is CC/C=C/C/C=C/C/C=C/C/C=C/C/C=C/CCCC(=O)OC[C@H](COP(=O)(O)O)OC(=O)CCCCCCCCCC. The predicted octanol–water partition coefficient (Wildman–Crippen LogP) is 9.00. The van der Waals surface area contributed by atoms with E-state index < -0.39 is 32.5 Å². The van der Waals surface area contributed by atoms with E-state index in [4.69, 9.17) is 19.3 Å². The van der Waals surface area contributed by atoms with Crippen LogP contribution in [0.2, 0.25) is 0 Å². The summed E-state index contributed by atoms with van der Waals surface area (Å²) in [6, 6.07) is 0. The molecule has 0 saturated carbocycles. The summed E-state index contributed by atoms with van der Waals surface area (Å²) in [5.74, 6) is -0.965. The Morgan fingerprint density at radius 1 is 0.628 bits per heavy atom. The van der Waals surface area contributed by atoms with Gasteiger partial charge in [-0.05, 0) is 51.4 Å².